The number of nitrogens with zero attached hydrogens (tertiary/aromatic N) is 4. The molecular weight excluding hydrogens is 176 g/mol. The lowest BCUT2D eigenvalue weighted by atomic mass is 9.89. The van der Waals surface area contributed by atoms with Gasteiger partial charge in [0, 0.05) is 11.6 Å². The number of hydrogen-bond acceptors (Lipinski definition) is 3. The molecule has 2 rings (SSSR count). The van der Waals surface area contributed by atoms with Gasteiger partial charge in [0.15, 0.2) is 11.5 Å². The van der Waals surface area contributed by atoms with Crippen LogP contribution in [-0.4, -0.2) is 19.8 Å². The Morgan fingerprint density at radius 2 is 2.14 bits per heavy atom. The van der Waals surface area contributed by atoms with Crippen molar-refractivity contribution in [1.29, 1.82) is 0 Å². The molecular formula is C10H14N4. The van der Waals surface area contributed by atoms with Gasteiger partial charge < -0.3 is 0 Å². The van der Waals surface area contributed by atoms with E-state index in [1.165, 1.54) is 0 Å². The van der Waals surface area contributed by atoms with Gasteiger partial charge in [-0.05, 0) is 18.6 Å². The van der Waals surface area contributed by atoms with Gasteiger partial charge in [-0.2, -0.15) is 9.61 Å². The van der Waals surface area contributed by atoms with E-state index in [1.54, 1.807) is 6.20 Å². The molecule has 0 spiro atoms. The Morgan fingerprint density at radius 1 is 1.36 bits per heavy atom. The van der Waals surface area contributed by atoms with Crippen LogP contribution in [0.5, 0.6) is 0 Å². The van der Waals surface area contributed by atoms with Crippen LogP contribution in [0.4, 0.5) is 0 Å². The van der Waals surface area contributed by atoms with Crippen molar-refractivity contribution in [3.63, 3.8) is 0 Å². The van der Waals surface area contributed by atoms with Gasteiger partial charge in [-0.15, -0.1) is 10.2 Å². The first-order valence-electron chi connectivity index (χ1n) is 4.82. The van der Waals surface area contributed by atoms with Crippen molar-refractivity contribution >= 4 is 5.65 Å². The molecule has 0 aliphatic carbocycles. The predicted molar refractivity (Wildman–Crippen MR) is 54.1 cm³/mol. The molecule has 4 heteroatoms. The first-order valence-corrected chi connectivity index (χ1v) is 4.82. The summed E-state index contributed by atoms with van der Waals surface area (Å²) in [6, 6.07) is 3.78. The van der Waals surface area contributed by atoms with Gasteiger partial charge in [0.25, 0.3) is 0 Å². The van der Waals surface area contributed by atoms with E-state index in [4.69, 9.17) is 0 Å². The van der Waals surface area contributed by atoms with E-state index in [2.05, 4.69) is 36.1 Å². The topological polar surface area (TPSA) is 43.1 Å². The van der Waals surface area contributed by atoms with E-state index in [9.17, 15) is 0 Å². The zero-order chi connectivity index (χ0) is 10.2. The van der Waals surface area contributed by atoms with Crippen molar-refractivity contribution in [3.8, 4) is 0 Å². The molecule has 0 N–H and O–H groups in total. The molecule has 0 saturated heterocycles. The lowest BCUT2D eigenvalue weighted by Gasteiger charge is -2.19. The fraction of sp³-hybridized carbons (Fsp3) is 0.500. The van der Waals surface area contributed by atoms with Crippen LogP contribution in [0.15, 0.2) is 18.3 Å². The molecule has 0 fully saturated rings. The standard InChI is InChI=1S/C10H14N4/c1-4-10(2,3)9-13-12-8-6-5-7-11-14(8)9/h5-7H,4H2,1-3H3. The van der Waals surface area contributed by atoms with Crippen molar-refractivity contribution in [3.05, 3.63) is 24.2 Å². The molecule has 14 heavy (non-hydrogen) atoms. The Balaban J connectivity index is 2.64. The zero-order valence-electron chi connectivity index (χ0n) is 8.73. The Labute approximate surface area is 83.0 Å². The molecule has 0 aliphatic rings. The van der Waals surface area contributed by atoms with E-state index in [0.717, 1.165) is 17.9 Å². The average Bonchev–Trinajstić information content (AvgIpc) is 2.61. The van der Waals surface area contributed by atoms with Crippen molar-refractivity contribution in [2.75, 3.05) is 0 Å². The van der Waals surface area contributed by atoms with Crippen LogP contribution < -0.4 is 0 Å². The van der Waals surface area contributed by atoms with Gasteiger partial charge in [0.05, 0.1) is 0 Å². The minimum atomic E-state index is 0.0216. The highest BCUT2D eigenvalue weighted by molar-refractivity contribution is 5.35. The normalized spacial score (nSPS) is 12.2. The van der Waals surface area contributed by atoms with E-state index in [1.807, 2.05) is 16.6 Å². The molecule has 0 bridgehead atoms. The fourth-order valence-corrected chi connectivity index (χ4v) is 1.32. The quantitative estimate of drug-likeness (QED) is 0.725. The summed E-state index contributed by atoms with van der Waals surface area (Å²) in [5.41, 5.74) is 0.831. The molecule has 0 atom stereocenters. The van der Waals surface area contributed by atoms with E-state index >= 15 is 0 Å². The first-order chi connectivity index (χ1) is 6.65. The average molecular weight is 190 g/mol. The predicted octanol–water partition coefficient (Wildman–Crippen LogP) is 1.81. The summed E-state index contributed by atoms with van der Waals surface area (Å²) in [5, 5.41) is 12.5. The second-order valence-corrected chi connectivity index (χ2v) is 4.05. The monoisotopic (exact) mass is 190 g/mol. The van der Waals surface area contributed by atoms with Gasteiger partial charge in [-0.3, -0.25) is 0 Å². The Hall–Kier alpha value is -1.45. The highest BCUT2D eigenvalue weighted by Gasteiger charge is 2.24. The Bertz CT molecular complexity index is 444. The van der Waals surface area contributed by atoms with Crippen LogP contribution in [0.3, 0.4) is 0 Å². The third kappa shape index (κ3) is 1.27. The van der Waals surface area contributed by atoms with Crippen molar-refractivity contribution in [1.82, 2.24) is 19.8 Å². The van der Waals surface area contributed by atoms with Crippen LogP contribution in [-0.2, 0) is 5.41 Å². The maximum atomic E-state index is 4.25. The second kappa shape index (κ2) is 3.04. The van der Waals surface area contributed by atoms with Crippen LogP contribution in [0.1, 0.15) is 33.0 Å². The third-order valence-corrected chi connectivity index (χ3v) is 2.67. The molecule has 74 valence electrons. The molecule has 2 aromatic heterocycles. The van der Waals surface area contributed by atoms with Gasteiger partial charge in [-0.1, -0.05) is 20.8 Å². The summed E-state index contributed by atoms with van der Waals surface area (Å²) in [6.45, 7) is 6.44. The second-order valence-electron chi connectivity index (χ2n) is 4.05. The molecule has 2 heterocycles. The van der Waals surface area contributed by atoms with Gasteiger partial charge in [0.1, 0.15) is 0 Å². The zero-order valence-corrected chi connectivity index (χ0v) is 8.73. The van der Waals surface area contributed by atoms with E-state index in [-0.39, 0.29) is 5.41 Å². The molecule has 4 nitrogen and oxygen atoms in total. The van der Waals surface area contributed by atoms with E-state index < -0.39 is 0 Å². The minimum absolute atomic E-state index is 0.0216. The van der Waals surface area contributed by atoms with Crippen LogP contribution in [0.2, 0.25) is 0 Å². The molecule has 0 radical (unpaired) electrons. The lowest BCUT2D eigenvalue weighted by molar-refractivity contribution is 0.460. The van der Waals surface area contributed by atoms with Gasteiger partial charge in [-0.25, -0.2) is 0 Å². The highest BCUT2D eigenvalue weighted by Crippen LogP contribution is 2.24. The highest BCUT2D eigenvalue weighted by atomic mass is 15.4. The first kappa shape index (κ1) is 9.12. The summed E-state index contributed by atoms with van der Waals surface area (Å²) in [5.74, 6) is 0.926. The van der Waals surface area contributed by atoms with Crippen LogP contribution in [0, 0.1) is 0 Å². The summed E-state index contributed by atoms with van der Waals surface area (Å²) in [7, 11) is 0. The lowest BCUT2D eigenvalue weighted by Crippen LogP contribution is -2.20. The van der Waals surface area contributed by atoms with Crippen LogP contribution >= 0.6 is 0 Å². The summed E-state index contributed by atoms with van der Waals surface area (Å²) >= 11 is 0. The van der Waals surface area contributed by atoms with Gasteiger partial charge >= 0.3 is 0 Å². The SMILES string of the molecule is CCC(C)(C)c1nnc2cccnn12. The van der Waals surface area contributed by atoms with Crippen molar-refractivity contribution in [2.24, 2.45) is 0 Å². The summed E-state index contributed by atoms with van der Waals surface area (Å²) in [6.07, 6.45) is 2.77. The largest absolute Gasteiger partial charge is 0.197 e. The van der Waals surface area contributed by atoms with Gasteiger partial charge in [0.2, 0.25) is 0 Å². The van der Waals surface area contributed by atoms with Crippen molar-refractivity contribution in [2.45, 2.75) is 32.6 Å². The fourth-order valence-electron chi connectivity index (χ4n) is 1.32. The number of rotatable bonds is 2. The Kier molecular flexibility index (Phi) is 1.98. The minimum Gasteiger partial charge on any atom is -0.197 e. The Morgan fingerprint density at radius 3 is 2.86 bits per heavy atom. The third-order valence-electron chi connectivity index (χ3n) is 2.67. The molecule has 0 unspecified atom stereocenters. The molecule has 0 amide bonds. The molecule has 0 saturated carbocycles. The number of aromatic nitrogens is 4. The maximum Gasteiger partial charge on any atom is 0.177 e. The molecule has 0 aromatic carbocycles. The number of fused-ring (bicyclic) bond motifs is 1. The maximum absolute atomic E-state index is 4.25. The number of hydrogen-bond donors (Lipinski definition) is 0. The summed E-state index contributed by atoms with van der Waals surface area (Å²) in [4.78, 5) is 0. The van der Waals surface area contributed by atoms with Crippen LogP contribution in [0.25, 0.3) is 5.65 Å². The smallest absolute Gasteiger partial charge is 0.177 e. The summed E-state index contributed by atoms with van der Waals surface area (Å²) < 4.78 is 1.81. The van der Waals surface area contributed by atoms with Crippen molar-refractivity contribution < 1.29 is 0 Å². The molecule has 2 aromatic rings. The van der Waals surface area contributed by atoms with E-state index in [0.29, 0.717) is 0 Å². The molecule has 0 aliphatic heterocycles.